The Hall–Kier alpha value is 0.0569. The molecule has 0 aliphatic carbocycles. The molecule has 0 bridgehead atoms. The van der Waals surface area contributed by atoms with Crippen molar-refractivity contribution >= 4 is 8.80 Å². The molecular weight excluding hydrogens is 188 g/mol. The van der Waals surface area contributed by atoms with Crippen LogP contribution in [0.3, 0.4) is 0 Å². The highest BCUT2D eigenvalue weighted by molar-refractivity contribution is 6.58. The Morgan fingerprint density at radius 3 is 2.23 bits per heavy atom. The first kappa shape index (κ1) is 13.1. The van der Waals surface area contributed by atoms with Crippen molar-refractivity contribution in [1.82, 2.24) is 0 Å². The molecule has 0 fully saturated rings. The van der Waals surface area contributed by atoms with Crippen LogP contribution >= 0.6 is 0 Å². The third kappa shape index (κ3) is 8.39. The van der Waals surface area contributed by atoms with E-state index in [0.29, 0.717) is 19.6 Å². The molecule has 0 atom stereocenters. The SMILES string of the molecule is [CH2]CCOOCCC[SiH](CO)CO. The summed E-state index contributed by atoms with van der Waals surface area (Å²) in [6, 6.07) is 0.890. The van der Waals surface area contributed by atoms with Crippen LogP contribution < -0.4 is 0 Å². The predicted octanol–water partition coefficient (Wildman–Crippen LogP) is -0.161. The minimum absolute atomic E-state index is 0.163. The number of aliphatic hydroxyl groups is 2. The molecule has 0 aromatic carbocycles. The van der Waals surface area contributed by atoms with Gasteiger partial charge in [0.05, 0.1) is 22.0 Å². The summed E-state index contributed by atoms with van der Waals surface area (Å²) in [5.74, 6) is 0. The third-order valence-electron chi connectivity index (χ3n) is 1.67. The summed E-state index contributed by atoms with van der Waals surface area (Å²) in [6.45, 7) is 4.64. The molecule has 0 aromatic rings. The molecule has 0 saturated carbocycles. The fourth-order valence-corrected chi connectivity index (χ4v) is 2.07. The molecule has 2 N–H and O–H groups in total. The summed E-state index contributed by atoms with van der Waals surface area (Å²) in [5.41, 5.74) is 0. The third-order valence-corrected chi connectivity index (χ3v) is 3.92. The zero-order valence-electron chi connectivity index (χ0n) is 7.95. The van der Waals surface area contributed by atoms with E-state index in [-0.39, 0.29) is 12.5 Å². The topological polar surface area (TPSA) is 58.9 Å². The molecule has 0 spiro atoms. The molecule has 4 nitrogen and oxygen atoms in total. The van der Waals surface area contributed by atoms with Gasteiger partial charge in [-0.1, -0.05) is 13.0 Å². The fourth-order valence-electron chi connectivity index (χ4n) is 0.848. The van der Waals surface area contributed by atoms with Crippen molar-refractivity contribution in [2.24, 2.45) is 0 Å². The maximum Gasteiger partial charge on any atom is 0.0969 e. The van der Waals surface area contributed by atoms with Gasteiger partial charge < -0.3 is 10.2 Å². The Kier molecular flexibility index (Phi) is 10.2. The van der Waals surface area contributed by atoms with E-state index >= 15 is 0 Å². The summed E-state index contributed by atoms with van der Waals surface area (Å²) >= 11 is 0. The number of hydrogen-bond acceptors (Lipinski definition) is 4. The maximum atomic E-state index is 8.79. The van der Waals surface area contributed by atoms with Gasteiger partial charge in [-0.15, -0.1) is 0 Å². The van der Waals surface area contributed by atoms with Gasteiger partial charge in [-0.25, -0.2) is 9.78 Å². The van der Waals surface area contributed by atoms with Crippen LogP contribution in [0, 0.1) is 6.92 Å². The largest absolute Gasteiger partial charge is 0.400 e. The zero-order valence-corrected chi connectivity index (χ0v) is 9.10. The van der Waals surface area contributed by atoms with E-state index in [2.05, 4.69) is 6.92 Å². The predicted molar refractivity (Wildman–Crippen MR) is 52.6 cm³/mol. The Labute approximate surface area is 81.0 Å². The van der Waals surface area contributed by atoms with Gasteiger partial charge in [0.2, 0.25) is 0 Å². The molecule has 0 rings (SSSR count). The molecule has 0 aromatic heterocycles. The van der Waals surface area contributed by atoms with Gasteiger partial charge in [0, 0.05) is 12.5 Å². The van der Waals surface area contributed by atoms with Gasteiger partial charge >= 0.3 is 0 Å². The second-order valence-electron chi connectivity index (χ2n) is 2.87. The van der Waals surface area contributed by atoms with Crippen molar-refractivity contribution in [2.45, 2.75) is 18.9 Å². The van der Waals surface area contributed by atoms with Gasteiger partial charge in [-0.2, -0.15) is 0 Å². The lowest BCUT2D eigenvalue weighted by Gasteiger charge is -2.08. The number of aliphatic hydroxyl groups excluding tert-OH is 2. The Morgan fingerprint density at radius 2 is 1.69 bits per heavy atom. The maximum absolute atomic E-state index is 8.79. The van der Waals surface area contributed by atoms with E-state index in [0.717, 1.165) is 12.5 Å². The lowest BCUT2D eigenvalue weighted by molar-refractivity contribution is -0.293. The number of hydrogen-bond donors (Lipinski definition) is 2. The first-order chi connectivity index (χ1) is 6.35. The quantitative estimate of drug-likeness (QED) is 0.239. The van der Waals surface area contributed by atoms with Crippen molar-refractivity contribution in [2.75, 3.05) is 25.7 Å². The second-order valence-corrected chi connectivity index (χ2v) is 5.91. The highest BCUT2D eigenvalue weighted by Crippen LogP contribution is 1.97. The van der Waals surface area contributed by atoms with Crippen LogP contribution in [0.15, 0.2) is 0 Å². The van der Waals surface area contributed by atoms with E-state index in [4.69, 9.17) is 20.0 Å². The Morgan fingerprint density at radius 1 is 1.08 bits per heavy atom. The standard InChI is InChI=1S/C8H19O4Si/c1-2-4-11-12-5-3-6-13(7-9)8-10/h9-10,13H,1-8H2. The summed E-state index contributed by atoms with van der Waals surface area (Å²) in [7, 11) is -1.29. The van der Waals surface area contributed by atoms with Crippen molar-refractivity contribution in [3.05, 3.63) is 6.92 Å². The normalized spacial score (nSPS) is 11.1. The first-order valence-electron chi connectivity index (χ1n) is 4.60. The average molecular weight is 207 g/mol. The molecule has 0 aliphatic rings. The van der Waals surface area contributed by atoms with Crippen molar-refractivity contribution < 1.29 is 20.0 Å². The van der Waals surface area contributed by atoms with Gasteiger partial charge in [-0.3, -0.25) is 0 Å². The van der Waals surface area contributed by atoms with E-state index < -0.39 is 8.80 Å². The highest BCUT2D eigenvalue weighted by Gasteiger charge is 2.06. The summed E-state index contributed by atoms with van der Waals surface area (Å²) in [5, 5.41) is 17.6. The molecule has 79 valence electrons. The molecular formula is C8H19O4Si. The summed E-state index contributed by atoms with van der Waals surface area (Å²) in [6.07, 6.45) is 1.87. The molecule has 0 unspecified atom stereocenters. The minimum Gasteiger partial charge on any atom is -0.400 e. The Balaban J connectivity index is 3.05. The minimum atomic E-state index is -1.29. The van der Waals surface area contributed by atoms with Crippen LogP contribution in [0.25, 0.3) is 0 Å². The van der Waals surface area contributed by atoms with Gasteiger partial charge in [0.1, 0.15) is 0 Å². The van der Waals surface area contributed by atoms with Crippen molar-refractivity contribution in [1.29, 1.82) is 0 Å². The van der Waals surface area contributed by atoms with Crippen LogP contribution in [0.2, 0.25) is 6.04 Å². The van der Waals surface area contributed by atoms with E-state index in [1.165, 1.54) is 0 Å². The zero-order chi connectivity index (χ0) is 9.94. The van der Waals surface area contributed by atoms with E-state index in [1.54, 1.807) is 0 Å². The molecule has 13 heavy (non-hydrogen) atoms. The van der Waals surface area contributed by atoms with Crippen LogP contribution in [0.5, 0.6) is 0 Å². The van der Waals surface area contributed by atoms with Crippen LogP contribution in [-0.2, 0) is 9.78 Å². The average Bonchev–Trinajstić information content (AvgIpc) is 2.17. The molecule has 0 aliphatic heterocycles. The highest BCUT2D eigenvalue weighted by atomic mass is 28.3. The van der Waals surface area contributed by atoms with E-state index in [9.17, 15) is 0 Å². The van der Waals surface area contributed by atoms with Crippen molar-refractivity contribution in [3.63, 3.8) is 0 Å². The Bertz CT molecular complexity index is 98.1. The summed E-state index contributed by atoms with van der Waals surface area (Å²) in [4.78, 5) is 9.59. The monoisotopic (exact) mass is 207 g/mol. The van der Waals surface area contributed by atoms with Crippen molar-refractivity contribution in [3.8, 4) is 0 Å². The van der Waals surface area contributed by atoms with Gasteiger partial charge in [0.15, 0.2) is 0 Å². The van der Waals surface area contributed by atoms with E-state index in [1.807, 2.05) is 0 Å². The number of rotatable bonds is 9. The molecule has 0 saturated heterocycles. The smallest absolute Gasteiger partial charge is 0.0969 e. The van der Waals surface area contributed by atoms with Crippen LogP contribution in [0.4, 0.5) is 0 Å². The molecule has 1 radical (unpaired) electrons. The van der Waals surface area contributed by atoms with Crippen LogP contribution in [-0.4, -0.2) is 44.7 Å². The fraction of sp³-hybridized carbons (Fsp3) is 0.875. The lowest BCUT2D eigenvalue weighted by atomic mass is 10.5. The molecule has 5 heteroatoms. The molecule has 0 heterocycles. The van der Waals surface area contributed by atoms with Gasteiger partial charge in [-0.05, 0) is 12.8 Å². The van der Waals surface area contributed by atoms with Crippen LogP contribution in [0.1, 0.15) is 12.8 Å². The second kappa shape index (κ2) is 10.1. The molecule has 0 amide bonds. The first-order valence-corrected chi connectivity index (χ1v) is 7.05. The van der Waals surface area contributed by atoms with Gasteiger partial charge in [0.25, 0.3) is 0 Å². The lowest BCUT2D eigenvalue weighted by Crippen LogP contribution is -2.24. The summed E-state index contributed by atoms with van der Waals surface area (Å²) < 4.78 is 0.